The number of carbonyl (C=O) groups excluding carboxylic acids is 5. The Balaban J connectivity index is 1.04. The molecule has 0 aromatic carbocycles. The standard InChI is InChI=1S/C47H66O14/c1-7-56-40(54)60-46(19-15-32-30-11-9-26-21-28(48)13-17-42(26,3)36(30)34(50)23-44(32,46)5)38(52)58-25-59-39(53)47(61-41(55)57-8-2)20-16-33-31-12-10-27-22-29(49)14-18-43(27,4)37(31)35(51)24-45(33,47)6/h13,17,21,27,29-37,49-51H,7-12,14-16,18-20,22-25H2,1-6H3/t27?,29?,30?,31?,32?,33?,34-,35-,36?,37?,42-,43-,44-,45-,46?,47-/m0/s1. The van der Waals surface area contributed by atoms with Gasteiger partial charge in [-0.15, -0.1) is 0 Å². The average molecular weight is 855 g/mol. The van der Waals surface area contributed by atoms with Crippen molar-refractivity contribution in [1.82, 2.24) is 0 Å². The highest BCUT2D eigenvalue weighted by Crippen LogP contribution is 2.70. The Morgan fingerprint density at radius 3 is 1.79 bits per heavy atom. The molecule has 9 unspecified atom stereocenters. The van der Waals surface area contributed by atoms with Gasteiger partial charge in [0.2, 0.25) is 18.0 Å². The third-order valence-electron chi connectivity index (χ3n) is 18.4. The summed E-state index contributed by atoms with van der Waals surface area (Å²) in [4.78, 5) is 68.0. The third kappa shape index (κ3) is 6.52. The number of rotatable bonds is 8. The van der Waals surface area contributed by atoms with Crippen LogP contribution in [0.25, 0.3) is 0 Å². The smallest absolute Gasteiger partial charge is 0.435 e. The fourth-order valence-corrected chi connectivity index (χ4v) is 15.7. The minimum absolute atomic E-state index is 0.00484. The van der Waals surface area contributed by atoms with Gasteiger partial charge < -0.3 is 43.7 Å². The molecule has 7 saturated carbocycles. The second-order valence-electron chi connectivity index (χ2n) is 20.7. The number of carbonyl (C=O) groups is 5. The van der Waals surface area contributed by atoms with Gasteiger partial charge in [-0.1, -0.05) is 39.3 Å². The Labute approximate surface area is 358 Å². The van der Waals surface area contributed by atoms with Crippen molar-refractivity contribution in [1.29, 1.82) is 0 Å². The predicted octanol–water partition coefficient (Wildman–Crippen LogP) is 6.51. The fraction of sp³-hybridized carbons (Fsp3) is 0.809. The summed E-state index contributed by atoms with van der Waals surface area (Å²) in [5, 5.41) is 34.6. The molecular weight excluding hydrogens is 789 g/mol. The van der Waals surface area contributed by atoms with E-state index in [-0.39, 0.29) is 97.6 Å². The Bertz CT molecular complexity index is 1860. The van der Waals surface area contributed by atoms with Gasteiger partial charge in [0.1, 0.15) is 0 Å². The summed E-state index contributed by atoms with van der Waals surface area (Å²) >= 11 is 0. The number of hydrogen-bond acceptors (Lipinski definition) is 14. The normalized spacial score (nSPS) is 46.8. The van der Waals surface area contributed by atoms with Gasteiger partial charge in [-0.3, -0.25) is 4.79 Å². The molecule has 0 spiro atoms. The quantitative estimate of drug-likeness (QED) is 0.136. The summed E-state index contributed by atoms with van der Waals surface area (Å²) in [5.74, 6) is -2.26. The Morgan fingerprint density at radius 2 is 1.23 bits per heavy atom. The average Bonchev–Trinajstić information content (AvgIpc) is 3.65. The van der Waals surface area contributed by atoms with E-state index in [2.05, 4.69) is 13.8 Å². The van der Waals surface area contributed by atoms with E-state index >= 15 is 0 Å². The van der Waals surface area contributed by atoms with Crippen molar-refractivity contribution in [2.45, 2.75) is 155 Å². The van der Waals surface area contributed by atoms with E-state index in [1.54, 1.807) is 26.0 Å². The number of allylic oxidation sites excluding steroid dienone is 4. The van der Waals surface area contributed by atoms with Crippen LogP contribution < -0.4 is 0 Å². The van der Waals surface area contributed by atoms with E-state index in [1.165, 1.54) is 0 Å². The van der Waals surface area contributed by atoms with Crippen LogP contribution >= 0.6 is 0 Å². The zero-order chi connectivity index (χ0) is 43.9. The summed E-state index contributed by atoms with van der Waals surface area (Å²) in [6, 6.07) is 0. The summed E-state index contributed by atoms with van der Waals surface area (Å²) < 4.78 is 34.1. The number of esters is 2. The summed E-state index contributed by atoms with van der Waals surface area (Å²) in [6.45, 7) is 10.4. The Morgan fingerprint density at radius 1 is 0.689 bits per heavy atom. The molecule has 0 amide bonds. The molecule has 61 heavy (non-hydrogen) atoms. The van der Waals surface area contributed by atoms with E-state index in [1.807, 2.05) is 19.9 Å². The lowest BCUT2D eigenvalue weighted by Crippen LogP contribution is -2.64. The molecule has 0 aromatic rings. The van der Waals surface area contributed by atoms with Crippen LogP contribution in [0.15, 0.2) is 23.8 Å². The van der Waals surface area contributed by atoms with E-state index < -0.39 is 70.7 Å². The number of ether oxygens (including phenoxy) is 6. The first-order valence-electron chi connectivity index (χ1n) is 22.9. The second-order valence-corrected chi connectivity index (χ2v) is 20.7. The lowest BCUT2D eigenvalue weighted by atomic mass is 9.43. The van der Waals surface area contributed by atoms with Gasteiger partial charge in [0.05, 0.1) is 31.5 Å². The summed E-state index contributed by atoms with van der Waals surface area (Å²) in [5.41, 5.74) is -5.66. The van der Waals surface area contributed by atoms with Gasteiger partial charge in [-0.05, 0) is 150 Å². The van der Waals surface area contributed by atoms with Crippen molar-refractivity contribution in [3.05, 3.63) is 23.8 Å². The van der Waals surface area contributed by atoms with Crippen LogP contribution in [0.2, 0.25) is 0 Å². The molecule has 338 valence electrons. The Hall–Kier alpha value is -3.49. The summed E-state index contributed by atoms with van der Waals surface area (Å²) in [7, 11) is 0. The third-order valence-corrected chi connectivity index (χ3v) is 18.4. The SMILES string of the molecule is CCOC(=O)OC1(C(=O)OCOC(=O)[C@@]2(OC(=O)OCC)CCC3C4CCC5CC(O)CC[C@]5(C)C4[C@@H](O)C[C@@]32C)CCC2C3CCC4=CC(=O)C=C[C@]4(C)C3[C@@H](O)C[C@@]21C. The van der Waals surface area contributed by atoms with Crippen LogP contribution in [0.5, 0.6) is 0 Å². The largest absolute Gasteiger partial charge is 0.509 e. The molecule has 0 radical (unpaired) electrons. The maximum atomic E-state index is 14.6. The van der Waals surface area contributed by atoms with Crippen molar-refractivity contribution in [2.24, 2.45) is 63.1 Å². The van der Waals surface area contributed by atoms with Crippen LogP contribution in [0.4, 0.5) is 9.59 Å². The molecule has 0 heterocycles. The van der Waals surface area contributed by atoms with Gasteiger partial charge in [-0.2, -0.15) is 0 Å². The molecule has 3 N–H and O–H groups in total. The van der Waals surface area contributed by atoms with E-state index in [9.17, 15) is 39.3 Å². The first-order valence-corrected chi connectivity index (χ1v) is 22.9. The number of fused-ring (bicyclic) bond motifs is 10. The van der Waals surface area contributed by atoms with Gasteiger partial charge in [0, 0.05) is 22.2 Å². The molecular formula is C47H66O14. The highest BCUT2D eigenvalue weighted by molar-refractivity contribution is 6.01. The molecule has 7 fully saturated rings. The topological polar surface area (TPSA) is 201 Å². The molecule has 8 aliphatic rings. The Kier molecular flexibility index (Phi) is 11.3. The van der Waals surface area contributed by atoms with Gasteiger partial charge in [0.15, 0.2) is 5.78 Å². The second kappa shape index (κ2) is 15.6. The molecule has 0 aliphatic heterocycles. The minimum atomic E-state index is -1.90. The zero-order valence-corrected chi connectivity index (χ0v) is 36.7. The van der Waals surface area contributed by atoms with E-state index in [4.69, 9.17) is 28.4 Å². The van der Waals surface area contributed by atoms with Crippen LogP contribution in [-0.4, -0.2) is 94.9 Å². The van der Waals surface area contributed by atoms with Crippen molar-refractivity contribution < 1.29 is 67.7 Å². The zero-order valence-electron chi connectivity index (χ0n) is 36.7. The molecule has 16 atom stereocenters. The molecule has 8 rings (SSSR count). The number of hydrogen-bond donors (Lipinski definition) is 3. The first-order chi connectivity index (χ1) is 28.8. The van der Waals surface area contributed by atoms with Crippen molar-refractivity contribution in [2.75, 3.05) is 20.0 Å². The maximum Gasteiger partial charge on any atom is 0.509 e. The lowest BCUT2D eigenvalue weighted by Gasteiger charge is -2.62. The minimum Gasteiger partial charge on any atom is -0.435 e. The maximum absolute atomic E-state index is 14.6. The molecule has 0 bridgehead atoms. The highest BCUT2D eigenvalue weighted by Gasteiger charge is 2.74. The van der Waals surface area contributed by atoms with Crippen LogP contribution in [0.3, 0.4) is 0 Å². The van der Waals surface area contributed by atoms with Gasteiger partial charge in [0.25, 0.3) is 0 Å². The summed E-state index contributed by atoms with van der Waals surface area (Å²) in [6.07, 6.45) is 7.66. The van der Waals surface area contributed by atoms with Crippen molar-refractivity contribution >= 4 is 30.0 Å². The van der Waals surface area contributed by atoms with Crippen molar-refractivity contribution in [3.8, 4) is 0 Å². The molecule has 0 aromatic heterocycles. The van der Waals surface area contributed by atoms with Gasteiger partial charge in [-0.25, -0.2) is 19.2 Å². The van der Waals surface area contributed by atoms with Crippen LogP contribution in [0, 0.1) is 63.1 Å². The molecule has 14 heteroatoms. The van der Waals surface area contributed by atoms with Crippen LogP contribution in [0.1, 0.15) is 125 Å². The number of aliphatic hydroxyl groups is 3. The predicted molar refractivity (Wildman–Crippen MR) is 216 cm³/mol. The van der Waals surface area contributed by atoms with Crippen molar-refractivity contribution in [3.63, 3.8) is 0 Å². The molecule has 0 saturated heterocycles. The number of ketones is 1. The highest BCUT2D eigenvalue weighted by atomic mass is 16.8. The first kappa shape index (κ1) is 44.1. The van der Waals surface area contributed by atoms with E-state index in [0.717, 1.165) is 24.8 Å². The number of aliphatic hydroxyl groups excluding tert-OH is 3. The molecule has 14 nitrogen and oxygen atoms in total. The monoisotopic (exact) mass is 854 g/mol. The van der Waals surface area contributed by atoms with Gasteiger partial charge >= 0.3 is 24.2 Å². The molecule has 8 aliphatic carbocycles. The van der Waals surface area contributed by atoms with Crippen LogP contribution in [-0.2, 0) is 42.8 Å². The van der Waals surface area contributed by atoms with E-state index in [0.29, 0.717) is 38.5 Å². The lowest BCUT2D eigenvalue weighted by molar-refractivity contribution is -0.225. The fourth-order valence-electron chi connectivity index (χ4n) is 15.7.